The zero-order valence-electron chi connectivity index (χ0n) is 13.9. The number of methoxy groups -OCH3 is 2. The Labute approximate surface area is 132 Å². The number of carbonyl (C=O) groups is 1. The predicted octanol–water partition coefficient (Wildman–Crippen LogP) is 2.19. The van der Waals surface area contributed by atoms with Crippen molar-refractivity contribution in [3.63, 3.8) is 0 Å². The molecule has 1 fully saturated rings. The maximum Gasteiger partial charge on any atom is 0.224 e. The van der Waals surface area contributed by atoms with Crippen LogP contribution in [-0.2, 0) is 4.79 Å². The molecular formula is C17H26N2O3. The fourth-order valence-electron chi connectivity index (χ4n) is 2.95. The number of amides is 1. The molecule has 22 heavy (non-hydrogen) atoms. The Morgan fingerprint density at radius 3 is 2.59 bits per heavy atom. The third-order valence-corrected chi connectivity index (χ3v) is 4.27. The molecule has 0 aliphatic carbocycles. The normalized spacial score (nSPS) is 19.4. The Hall–Kier alpha value is -1.75. The molecule has 1 heterocycles. The van der Waals surface area contributed by atoms with Crippen LogP contribution in [0.25, 0.3) is 0 Å². The molecule has 2 rings (SSSR count). The smallest absolute Gasteiger partial charge is 0.224 e. The molecule has 1 amide bonds. The first-order valence-corrected chi connectivity index (χ1v) is 7.80. The highest BCUT2D eigenvalue weighted by Crippen LogP contribution is 2.33. The number of aryl methyl sites for hydroxylation is 1. The van der Waals surface area contributed by atoms with Gasteiger partial charge < -0.3 is 20.1 Å². The van der Waals surface area contributed by atoms with Crippen LogP contribution in [-0.4, -0.2) is 33.2 Å². The highest BCUT2D eigenvalue weighted by Gasteiger charge is 2.23. The van der Waals surface area contributed by atoms with Crippen LogP contribution in [0.2, 0.25) is 0 Å². The number of ether oxygens (including phenoxy) is 2. The molecule has 5 heteroatoms. The van der Waals surface area contributed by atoms with Crippen LogP contribution in [0.4, 0.5) is 0 Å². The van der Waals surface area contributed by atoms with Gasteiger partial charge in [0, 0.05) is 6.54 Å². The summed E-state index contributed by atoms with van der Waals surface area (Å²) in [5.74, 6) is 1.58. The maximum absolute atomic E-state index is 12.4. The number of piperidine rings is 1. The zero-order chi connectivity index (χ0) is 16.1. The molecule has 1 aliphatic heterocycles. The van der Waals surface area contributed by atoms with Crippen molar-refractivity contribution in [2.45, 2.75) is 32.7 Å². The first kappa shape index (κ1) is 16.6. The Kier molecular flexibility index (Phi) is 5.66. The van der Waals surface area contributed by atoms with Crippen molar-refractivity contribution < 1.29 is 14.3 Å². The van der Waals surface area contributed by atoms with Crippen LogP contribution < -0.4 is 20.1 Å². The number of rotatable bonds is 5. The van der Waals surface area contributed by atoms with Gasteiger partial charge in [-0.1, -0.05) is 0 Å². The largest absolute Gasteiger partial charge is 0.493 e. The number of nitrogens with one attached hydrogen (secondary N) is 2. The number of hydrogen-bond acceptors (Lipinski definition) is 4. The van der Waals surface area contributed by atoms with Crippen molar-refractivity contribution in [1.29, 1.82) is 0 Å². The van der Waals surface area contributed by atoms with Gasteiger partial charge in [-0.25, -0.2) is 0 Å². The molecule has 1 aromatic rings. The summed E-state index contributed by atoms with van der Waals surface area (Å²) < 4.78 is 10.7. The fourth-order valence-corrected chi connectivity index (χ4v) is 2.95. The van der Waals surface area contributed by atoms with E-state index in [0.29, 0.717) is 11.5 Å². The van der Waals surface area contributed by atoms with Gasteiger partial charge in [0.25, 0.3) is 0 Å². The van der Waals surface area contributed by atoms with E-state index in [4.69, 9.17) is 9.47 Å². The molecule has 5 nitrogen and oxygen atoms in total. The van der Waals surface area contributed by atoms with Gasteiger partial charge in [-0.15, -0.1) is 0 Å². The van der Waals surface area contributed by atoms with Gasteiger partial charge in [0.15, 0.2) is 11.5 Å². The Balaban J connectivity index is 2.11. The molecule has 1 aliphatic rings. The summed E-state index contributed by atoms with van der Waals surface area (Å²) in [7, 11) is 3.24. The number of benzene rings is 1. The van der Waals surface area contributed by atoms with Crippen LogP contribution in [0, 0.1) is 12.8 Å². The molecule has 2 unspecified atom stereocenters. The third kappa shape index (κ3) is 3.71. The molecule has 0 radical (unpaired) electrons. The molecular weight excluding hydrogens is 280 g/mol. The molecule has 2 atom stereocenters. The van der Waals surface area contributed by atoms with E-state index in [1.165, 1.54) is 0 Å². The standard InChI is InChI=1S/C17H26N2O3/c1-11-8-15(21-3)16(22-4)9-14(11)12(2)19-17(20)13-6-5-7-18-10-13/h8-9,12-13,18H,5-7,10H2,1-4H3,(H,19,20). The van der Waals surface area contributed by atoms with Gasteiger partial charge in [-0.3, -0.25) is 4.79 Å². The molecule has 0 aromatic heterocycles. The summed E-state index contributed by atoms with van der Waals surface area (Å²) in [4.78, 5) is 12.4. The second-order valence-corrected chi connectivity index (χ2v) is 5.84. The minimum atomic E-state index is -0.0609. The molecule has 0 bridgehead atoms. The lowest BCUT2D eigenvalue weighted by atomic mass is 9.97. The molecule has 0 saturated carbocycles. The van der Waals surface area contributed by atoms with Crippen LogP contribution >= 0.6 is 0 Å². The van der Waals surface area contributed by atoms with E-state index in [2.05, 4.69) is 10.6 Å². The van der Waals surface area contributed by atoms with Crippen molar-refractivity contribution in [3.8, 4) is 11.5 Å². The Bertz CT molecular complexity index is 525. The summed E-state index contributed by atoms with van der Waals surface area (Å²) in [6, 6.07) is 3.83. The van der Waals surface area contributed by atoms with Crippen molar-refractivity contribution in [3.05, 3.63) is 23.3 Å². The maximum atomic E-state index is 12.4. The minimum Gasteiger partial charge on any atom is -0.493 e. The van der Waals surface area contributed by atoms with Crippen LogP contribution in [0.3, 0.4) is 0 Å². The fraction of sp³-hybridized carbons (Fsp3) is 0.588. The molecule has 2 N–H and O–H groups in total. The van der Waals surface area contributed by atoms with Crippen molar-refractivity contribution in [2.75, 3.05) is 27.3 Å². The van der Waals surface area contributed by atoms with Crippen molar-refractivity contribution in [2.24, 2.45) is 5.92 Å². The van der Waals surface area contributed by atoms with E-state index in [-0.39, 0.29) is 17.9 Å². The Morgan fingerprint density at radius 1 is 1.32 bits per heavy atom. The lowest BCUT2D eigenvalue weighted by Gasteiger charge is -2.25. The molecule has 0 spiro atoms. The lowest BCUT2D eigenvalue weighted by molar-refractivity contribution is -0.126. The second kappa shape index (κ2) is 7.49. The SMILES string of the molecule is COc1cc(C)c(C(C)NC(=O)C2CCCNC2)cc1OC. The van der Waals surface area contributed by atoms with E-state index in [9.17, 15) is 4.79 Å². The first-order chi connectivity index (χ1) is 10.6. The number of hydrogen-bond donors (Lipinski definition) is 2. The molecule has 1 aromatic carbocycles. The first-order valence-electron chi connectivity index (χ1n) is 7.80. The van der Waals surface area contributed by atoms with Gasteiger partial charge in [0.1, 0.15) is 0 Å². The molecule has 122 valence electrons. The van der Waals surface area contributed by atoms with Gasteiger partial charge in [0.05, 0.1) is 26.2 Å². The highest BCUT2D eigenvalue weighted by atomic mass is 16.5. The van der Waals surface area contributed by atoms with Crippen LogP contribution in [0.15, 0.2) is 12.1 Å². The van der Waals surface area contributed by atoms with E-state index >= 15 is 0 Å². The lowest BCUT2D eigenvalue weighted by Crippen LogP contribution is -2.41. The third-order valence-electron chi connectivity index (χ3n) is 4.27. The summed E-state index contributed by atoms with van der Waals surface area (Å²) >= 11 is 0. The van der Waals surface area contributed by atoms with Gasteiger partial charge in [-0.05, 0) is 56.5 Å². The summed E-state index contributed by atoms with van der Waals surface area (Å²) in [6.07, 6.45) is 2.01. The van der Waals surface area contributed by atoms with Crippen molar-refractivity contribution >= 4 is 5.91 Å². The summed E-state index contributed by atoms with van der Waals surface area (Å²) in [5.41, 5.74) is 2.13. The number of carbonyl (C=O) groups excluding carboxylic acids is 1. The van der Waals surface area contributed by atoms with Crippen LogP contribution in [0.1, 0.15) is 36.9 Å². The monoisotopic (exact) mass is 306 g/mol. The van der Waals surface area contributed by atoms with E-state index in [1.54, 1.807) is 14.2 Å². The van der Waals surface area contributed by atoms with Gasteiger partial charge in [0.2, 0.25) is 5.91 Å². The average Bonchev–Trinajstić information content (AvgIpc) is 2.55. The van der Waals surface area contributed by atoms with Crippen LogP contribution in [0.5, 0.6) is 11.5 Å². The highest BCUT2D eigenvalue weighted by molar-refractivity contribution is 5.79. The van der Waals surface area contributed by atoms with Gasteiger partial charge in [-0.2, -0.15) is 0 Å². The molecule has 1 saturated heterocycles. The Morgan fingerprint density at radius 2 is 2.00 bits per heavy atom. The predicted molar refractivity (Wildman–Crippen MR) is 86.4 cm³/mol. The zero-order valence-corrected chi connectivity index (χ0v) is 13.9. The second-order valence-electron chi connectivity index (χ2n) is 5.84. The summed E-state index contributed by atoms with van der Waals surface area (Å²) in [5, 5.41) is 6.40. The minimum absolute atomic E-state index is 0.0609. The van der Waals surface area contributed by atoms with E-state index < -0.39 is 0 Å². The summed E-state index contributed by atoms with van der Waals surface area (Å²) in [6.45, 7) is 5.79. The van der Waals surface area contributed by atoms with Gasteiger partial charge >= 0.3 is 0 Å². The average molecular weight is 306 g/mol. The topological polar surface area (TPSA) is 59.6 Å². The van der Waals surface area contributed by atoms with E-state index in [1.807, 2.05) is 26.0 Å². The van der Waals surface area contributed by atoms with E-state index in [0.717, 1.165) is 37.1 Å². The van der Waals surface area contributed by atoms with Crippen molar-refractivity contribution in [1.82, 2.24) is 10.6 Å². The quantitative estimate of drug-likeness (QED) is 0.875.